The summed E-state index contributed by atoms with van der Waals surface area (Å²) in [6.07, 6.45) is 3.92. The van der Waals surface area contributed by atoms with Gasteiger partial charge in [0, 0.05) is 16.5 Å². The van der Waals surface area contributed by atoms with Crippen molar-refractivity contribution in [1.29, 1.82) is 0 Å². The van der Waals surface area contributed by atoms with Gasteiger partial charge in [0.2, 0.25) is 5.91 Å². The third kappa shape index (κ3) is 3.48. The zero-order valence-electron chi connectivity index (χ0n) is 10.0. The zero-order chi connectivity index (χ0) is 12.1. The van der Waals surface area contributed by atoms with Gasteiger partial charge in [0.25, 0.3) is 0 Å². The van der Waals surface area contributed by atoms with E-state index in [9.17, 15) is 4.79 Å². The second kappa shape index (κ2) is 6.07. The number of carbonyl (C=O) groups is 1. The molecule has 1 saturated heterocycles. The molecule has 92 valence electrons. The van der Waals surface area contributed by atoms with Crippen LogP contribution in [0, 0.1) is 5.92 Å². The highest BCUT2D eigenvalue weighted by atomic mass is 32.2. The van der Waals surface area contributed by atoms with Gasteiger partial charge in [-0.1, -0.05) is 0 Å². The van der Waals surface area contributed by atoms with Crippen LogP contribution in [-0.2, 0) is 4.79 Å². The Kier molecular flexibility index (Phi) is 4.45. The van der Waals surface area contributed by atoms with Crippen LogP contribution in [0.25, 0.3) is 0 Å². The van der Waals surface area contributed by atoms with Gasteiger partial charge in [-0.05, 0) is 56.5 Å². The van der Waals surface area contributed by atoms with E-state index in [1.807, 2.05) is 30.5 Å². The van der Waals surface area contributed by atoms with E-state index in [-0.39, 0.29) is 11.8 Å². The number of piperidine rings is 1. The number of hydrogen-bond donors (Lipinski definition) is 2. The van der Waals surface area contributed by atoms with Gasteiger partial charge in [-0.25, -0.2) is 0 Å². The zero-order valence-corrected chi connectivity index (χ0v) is 10.8. The molecule has 1 amide bonds. The number of benzene rings is 1. The Morgan fingerprint density at radius 2 is 1.94 bits per heavy atom. The maximum atomic E-state index is 12.0. The fourth-order valence-electron chi connectivity index (χ4n) is 2.00. The first-order chi connectivity index (χ1) is 8.29. The van der Waals surface area contributed by atoms with E-state index in [1.54, 1.807) is 11.8 Å². The Morgan fingerprint density at radius 3 is 2.53 bits per heavy atom. The van der Waals surface area contributed by atoms with Gasteiger partial charge in [-0.2, -0.15) is 0 Å². The minimum absolute atomic E-state index is 0.156. The normalized spacial score (nSPS) is 16.8. The molecule has 0 spiro atoms. The molecule has 1 aliphatic rings. The van der Waals surface area contributed by atoms with Crippen LogP contribution < -0.4 is 10.6 Å². The maximum Gasteiger partial charge on any atom is 0.227 e. The fourth-order valence-corrected chi connectivity index (χ4v) is 2.41. The van der Waals surface area contributed by atoms with Crippen molar-refractivity contribution in [3.8, 4) is 0 Å². The van der Waals surface area contributed by atoms with Gasteiger partial charge in [0.15, 0.2) is 0 Å². The lowest BCUT2D eigenvalue weighted by atomic mass is 9.97. The van der Waals surface area contributed by atoms with Crippen molar-refractivity contribution in [2.45, 2.75) is 17.7 Å². The Morgan fingerprint density at radius 1 is 1.29 bits per heavy atom. The van der Waals surface area contributed by atoms with Crippen molar-refractivity contribution in [2.24, 2.45) is 5.92 Å². The third-order valence-electron chi connectivity index (χ3n) is 3.07. The van der Waals surface area contributed by atoms with Gasteiger partial charge in [0.1, 0.15) is 0 Å². The first-order valence-corrected chi connectivity index (χ1v) is 7.17. The standard InChI is InChI=1S/C13H18N2OS/c1-17-12-4-2-11(3-5-12)15-13(16)10-6-8-14-9-7-10/h2-5,10,14H,6-9H2,1H3,(H,15,16). The molecule has 1 aromatic rings. The molecule has 0 radical (unpaired) electrons. The van der Waals surface area contributed by atoms with Crippen LogP contribution in [-0.4, -0.2) is 25.3 Å². The number of carbonyl (C=O) groups excluding carboxylic acids is 1. The van der Waals surface area contributed by atoms with Crippen LogP contribution in [0.2, 0.25) is 0 Å². The topological polar surface area (TPSA) is 41.1 Å². The van der Waals surface area contributed by atoms with Crippen LogP contribution in [0.15, 0.2) is 29.2 Å². The minimum atomic E-state index is 0.156. The van der Waals surface area contributed by atoms with Crippen LogP contribution in [0.4, 0.5) is 5.69 Å². The van der Waals surface area contributed by atoms with Crippen LogP contribution >= 0.6 is 11.8 Å². The largest absolute Gasteiger partial charge is 0.326 e. The Balaban J connectivity index is 1.92. The average molecular weight is 250 g/mol. The Bertz CT molecular complexity index is 372. The first-order valence-electron chi connectivity index (χ1n) is 5.95. The second-order valence-electron chi connectivity index (χ2n) is 4.24. The Labute approximate surface area is 106 Å². The lowest BCUT2D eigenvalue weighted by Crippen LogP contribution is -2.34. The van der Waals surface area contributed by atoms with Crippen molar-refractivity contribution in [3.63, 3.8) is 0 Å². The van der Waals surface area contributed by atoms with Gasteiger partial charge < -0.3 is 10.6 Å². The summed E-state index contributed by atoms with van der Waals surface area (Å²) in [4.78, 5) is 13.2. The van der Waals surface area contributed by atoms with Crippen molar-refractivity contribution in [2.75, 3.05) is 24.7 Å². The third-order valence-corrected chi connectivity index (χ3v) is 3.81. The summed E-state index contributed by atoms with van der Waals surface area (Å²) < 4.78 is 0. The van der Waals surface area contributed by atoms with E-state index in [0.717, 1.165) is 31.6 Å². The van der Waals surface area contributed by atoms with Crippen LogP contribution in [0.5, 0.6) is 0 Å². The molecule has 3 nitrogen and oxygen atoms in total. The van der Waals surface area contributed by atoms with Crippen molar-refractivity contribution in [3.05, 3.63) is 24.3 Å². The average Bonchev–Trinajstić information content (AvgIpc) is 2.40. The van der Waals surface area contributed by atoms with E-state index in [4.69, 9.17) is 0 Å². The van der Waals surface area contributed by atoms with Gasteiger partial charge >= 0.3 is 0 Å². The van der Waals surface area contributed by atoms with Gasteiger partial charge in [-0.3, -0.25) is 4.79 Å². The predicted octanol–water partition coefficient (Wildman–Crippen LogP) is 2.35. The number of rotatable bonds is 3. The SMILES string of the molecule is CSc1ccc(NC(=O)C2CCNCC2)cc1. The van der Waals surface area contributed by atoms with E-state index in [0.29, 0.717) is 0 Å². The van der Waals surface area contributed by atoms with Crippen LogP contribution in [0.1, 0.15) is 12.8 Å². The number of nitrogens with one attached hydrogen (secondary N) is 2. The molecule has 0 atom stereocenters. The molecule has 0 aliphatic carbocycles. The summed E-state index contributed by atoms with van der Waals surface area (Å²) in [6.45, 7) is 1.90. The first kappa shape index (κ1) is 12.5. The Hall–Kier alpha value is -1.00. The van der Waals surface area contributed by atoms with Crippen molar-refractivity contribution >= 4 is 23.4 Å². The number of amides is 1. The molecule has 2 N–H and O–H groups in total. The van der Waals surface area contributed by atoms with Crippen LogP contribution in [0.3, 0.4) is 0 Å². The molecular weight excluding hydrogens is 232 g/mol. The molecule has 1 aromatic carbocycles. The summed E-state index contributed by atoms with van der Waals surface area (Å²) >= 11 is 1.70. The van der Waals surface area contributed by atoms with E-state index in [1.165, 1.54) is 4.90 Å². The summed E-state index contributed by atoms with van der Waals surface area (Å²) in [6, 6.07) is 7.99. The molecule has 0 aromatic heterocycles. The number of anilines is 1. The molecule has 1 fully saturated rings. The molecule has 0 bridgehead atoms. The molecule has 1 aliphatic heterocycles. The summed E-state index contributed by atoms with van der Waals surface area (Å²) in [5, 5.41) is 6.25. The summed E-state index contributed by atoms with van der Waals surface area (Å²) in [5.74, 6) is 0.319. The molecule has 4 heteroatoms. The highest BCUT2D eigenvalue weighted by Gasteiger charge is 2.20. The molecule has 1 heterocycles. The molecule has 0 saturated carbocycles. The molecule has 17 heavy (non-hydrogen) atoms. The molecular formula is C13H18N2OS. The monoisotopic (exact) mass is 250 g/mol. The van der Waals surface area contributed by atoms with Crippen molar-refractivity contribution < 1.29 is 4.79 Å². The smallest absolute Gasteiger partial charge is 0.227 e. The van der Waals surface area contributed by atoms with Gasteiger partial charge in [-0.15, -0.1) is 11.8 Å². The lowest BCUT2D eigenvalue weighted by molar-refractivity contribution is -0.120. The van der Waals surface area contributed by atoms with E-state index >= 15 is 0 Å². The van der Waals surface area contributed by atoms with Crippen molar-refractivity contribution in [1.82, 2.24) is 5.32 Å². The molecule has 2 rings (SSSR count). The number of hydrogen-bond acceptors (Lipinski definition) is 3. The maximum absolute atomic E-state index is 12.0. The highest BCUT2D eigenvalue weighted by molar-refractivity contribution is 7.98. The van der Waals surface area contributed by atoms with E-state index in [2.05, 4.69) is 10.6 Å². The summed E-state index contributed by atoms with van der Waals surface area (Å²) in [7, 11) is 0. The second-order valence-corrected chi connectivity index (χ2v) is 5.12. The molecule has 0 unspecified atom stereocenters. The summed E-state index contributed by atoms with van der Waals surface area (Å²) in [5.41, 5.74) is 0.895. The predicted molar refractivity (Wildman–Crippen MR) is 72.4 cm³/mol. The van der Waals surface area contributed by atoms with Gasteiger partial charge in [0.05, 0.1) is 0 Å². The van der Waals surface area contributed by atoms with E-state index < -0.39 is 0 Å². The fraction of sp³-hybridized carbons (Fsp3) is 0.462. The quantitative estimate of drug-likeness (QED) is 0.809. The number of thioether (sulfide) groups is 1. The lowest BCUT2D eigenvalue weighted by Gasteiger charge is -2.21. The highest BCUT2D eigenvalue weighted by Crippen LogP contribution is 2.19. The minimum Gasteiger partial charge on any atom is -0.326 e.